The molecule has 6 rings (SSSR count). The Hall–Kier alpha value is -3.56. The van der Waals surface area contributed by atoms with E-state index in [2.05, 4.69) is 54.5 Å². The van der Waals surface area contributed by atoms with E-state index in [0.717, 1.165) is 76.3 Å². The van der Waals surface area contributed by atoms with Crippen LogP contribution >= 0.6 is 11.3 Å². The smallest absolute Gasteiger partial charge is 0.127 e. The Morgan fingerprint density at radius 3 is 2.61 bits per heavy atom. The van der Waals surface area contributed by atoms with Crippen molar-refractivity contribution >= 4 is 32.5 Å². The van der Waals surface area contributed by atoms with E-state index < -0.39 is 5.54 Å². The lowest BCUT2D eigenvalue weighted by Gasteiger charge is -2.31. The van der Waals surface area contributed by atoms with E-state index in [9.17, 15) is 4.91 Å². The summed E-state index contributed by atoms with van der Waals surface area (Å²) >= 11 is 1.80. The number of nitrogens with one attached hydrogen (secondary N) is 2. The van der Waals surface area contributed by atoms with Gasteiger partial charge in [-0.05, 0) is 61.6 Å². The molecule has 0 radical (unpaired) electrons. The molecule has 38 heavy (non-hydrogen) atoms. The molecule has 4 aromatic heterocycles. The second-order valence-corrected chi connectivity index (χ2v) is 11.3. The fourth-order valence-electron chi connectivity index (χ4n) is 5.53. The zero-order chi connectivity index (χ0) is 26.1. The highest BCUT2D eigenvalue weighted by Gasteiger charge is 2.30. The number of ether oxygens (including phenoxy) is 1. The Bertz CT molecular complexity index is 1540. The number of H-pyrrole nitrogens is 2. The molecular weight excluding hydrogens is 496 g/mol. The summed E-state index contributed by atoms with van der Waals surface area (Å²) in [6.45, 7) is 7.00. The summed E-state index contributed by atoms with van der Waals surface area (Å²) in [6, 6.07) is 14.4. The van der Waals surface area contributed by atoms with Crippen LogP contribution in [0, 0.1) is 4.91 Å². The normalized spacial score (nSPS) is 15.4. The fraction of sp³-hybridized carbons (Fsp3) is 0.379. The summed E-state index contributed by atoms with van der Waals surface area (Å²) in [6.07, 6.45) is 7.20. The van der Waals surface area contributed by atoms with Crippen LogP contribution in [0.2, 0.25) is 0 Å². The lowest BCUT2D eigenvalue weighted by atomic mass is 9.85. The van der Waals surface area contributed by atoms with Crippen LogP contribution in [0.25, 0.3) is 32.5 Å². The molecule has 9 heteroatoms. The molecule has 0 spiro atoms. The molecule has 5 aromatic rings. The maximum atomic E-state index is 11.7. The summed E-state index contributed by atoms with van der Waals surface area (Å²) in [5.74, 6) is 0.898. The second kappa shape index (κ2) is 10.3. The van der Waals surface area contributed by atoms with Gasteiger partial charge < -0.3 is 9.72 Å². The lowest BCUT2D eigenvalue weighted by molar-refractivity contribution is 0.0973. The SMILES string of the molecule is CCC(CC)(N=O)c1ccc2cc(-c3n[nH]c4cc(CN5CCC(Oc6ccncc6)CC5)sc34)[nH]c2c1. The first-order valence-electron chi connectivity index (χ1n) is 13.3. The maximum Gasteiger partial charge on any atom is 0.127 e. The molecule has 0 saturated carbocycles. The number of rotatable bonds is 9. The van der Waals surface area contributed by atoms with Gasteiger partial charge in [0.25, 0.3) is 0 Å². The number of nitrogens with zero attached hydrogens (tertiary/aromatic N) is 4. The third-order valence-electron chi connectivity index (χ3n) is 7.91. The van der Waals surface area contributed by atoms with Gasteiger partial charge in [0.2, 0.25) is 0 Å². The van der Waals surface area contributed by atoms with Gasteiger partial charge in [0.1, 0.15) is 23.1 Å². The van der Waals surface area contributed by atoms with Gasteiger partial charge in [0.05, 0.1) is 15.9 Å². The van der Waals surface area contributed by atoms with E-state index in [0.29, 0.717) is 12.8 Å². The molecule has 1 aliphatic heterocycles. The molecular formula is C29H32N6O2S. The number of thiophene rings is 1. The summed E-state index contributed by atoms with van der Waals surface area (Å²) in [7, 11) is 0. The monoisotopic (exact) mass is 528 g/mol. The van der Waals surface area contributed by atoms with Crippen LogP contribution in [0.5, 0.6) is 5.75 Å². The summed E-state index contributed by atoms with van der Waals surface area (Å²) < 4.78 is 7.28. The topological polar surface area (TPSA) is 99.3 Å². The number of nitroso groups, excluding NO2 is 1. The molecule has 1 aliphatic rings. The Morgan fingerprint density at radius 2 is 1.87 bits per heavy atom. The van der Waals surface area contributed by atoms with Crippen molar-refractivity contribution in [2.45, 2.75) is 57.7 Å². The van der Waals surface area contributed by atoms with Crippen LogP contribution in [0.15, 0.2) is 60.0 Å². The van der Waals surface area contributed by atoms with Crippen LogP contribution in [-0.2, 0) is 12.1 Å². The Kier molecular flexibility index (Phi) is 6.71. The predicted molar refractivity (Wildman–Crippen MR) is 152 cm³/mol. The van der Waals surface area contributed by atoms with Gasteiger partial charge in [0.15, 0.2) is 0 Å². The Morgan fingerprint density at radius 1 is 1.08 bits per heavy atom. The number of benzene rings is 1. The van der Waals surface area contributed by atoms with E-state index in [1.165, 1.54) is 4.88 Å². The highest BCUT2D eigenvalue weighted by molar-refractivity contribution is 7.19. The van der Waals surface area contributed by atoms with Crippen molar-refractivity contribution in [3.63, 3.8) is 0 Å². The average Bonchev–Trinajstić information content (AvgIpc) is 3.65. The zero-order valence-electron chi connectivity index (χ0n) is 21.7. The van der Waals surface area contributed by atoms with E-state index in [1.54, 1.807) is 23.7 Å². The number of likely N-dealkylation sites (tertiary alicyclic amines) is 1. The minimum atomic E-state index is -0.679. The average molecular weight is 529 g/mol. The van der Waals surface area contributed by atoms with Gasteiger partial charge in [-0.3, -0.25) is 15.0 Å². The molecule has 0 atom stereocenters. The number of pyridine rings is 1. The molecule has 1 fully saturated rings. The molecule has 2 N–H and O–H groups in total. The van der Waals surface area contributed by atoms with Crippen LogP contribution in [0.4, 0.5) is 0 Å². The molecule has 0 aliphatic carbocycles. The van der Waals surface area contributed by atoms with E-state index in [1.807, 2.05) is 32.0 Å². The lowest BCUT2D eigenvalue weighted by Crippen LogP contribution is -2.37. The Balaban J connectivity index is 1.17. The van der Waals surface area contributed by atoms with Crippen molar-refractivity contribution in [1.82, 2.24) is 25.1 Å². The van der Waals surface area contributed by atoms with Gasteiger partial charge in [0, 0.05) is 47.8 Å². The minimum Gasteiger partial charge on any atom is -0.490 e. The van der Waals surface area contributed by atoms with Gasteiger partial charge in [-0.15, -0.1) is 16.2 Å². The first kappa shape index (κ1) is 24.8. The van der Waals surface area contributed by atoms with Gasteiger partial charge in [-0.2, -0.15) is 5.10 Å². The van der Waals surface area contributed by atoms with E-state index in [4.69, 9.17) is 4.74 Å². The van der Waals surface area contributed by atoms with Crippen LogP contribution in [0.3, 0.4) is 0 Å². The van der Waals surface area contributed by atoms with E-state index >= 15 is 0 Å². The summed E-state index contributed by atoms with van der Waals surface area (Å²) in [5, 5.41) is 12.5. The summed E-state index contributed by atoms with van der Waals surface area (Å²) in [4.78, 5) is 23.1. The third-order valence-corrected chi connectivity index (χ3v) is 9.04. The summed E-state index contributed by atoms with van der Waals surface area (Å²) in [5.41, 5.74) is 4.25. The molecule has 1 saturated heterocycles. The Labute approximate surface area is 225 Å². The van der Waals surface area contributed by atoms with E-state index in [-0.39, 0.29) is 6.10 Å². The van der Waals surface area contributed by atoms with Crippen molar-refractivity contribution in [3.05, 3.63) is 70.2 Å². The van der Waals surface area contributed by atoms with Gasteiger partial charge >= 0.3 is 0 Å². The van der Waals surface area contributed by atoms with Crippen molar-refractivity contribution < 1.29 is 4.74 Å². The number of piperidine rings is 1. The maximum absolute atomic E-state index is 11.7. The molecule has 0 bridgehead atoms. The third kappa shape index (κ3) is 4.61. The largest absolute Gasteiger partial charge is 0.490 e. The number of aromatic nitrogens is 4. The van der Waals surface area contributed by atoms with Crippen molar-refractivity contribution in [2.24, 2.45) is 5.18 Å². The number of fused-ring (bicyclic) bond motifs is 2. The first-order valence-corrected chi connectivity index (χ1v) is 14.2. The number of aromatic amines is 2. The molecule has 0 amide bonds. The van der Waals surface area contributed by atoms with Gasteiger partial charge in [-0.25, -0.2) is 0 Å². The quantitative estimate of drug-likeness (QED) is 0.201. The zero-order valence-corrected chi connectivity index (χ0v) is 22.6. The second-order valence-electron chi connectivity index (χ2n) is 10.1. The molecule has 8 nitrogen and oxygen atoms in total. The first-order chi connectivity index (χ1) is 18.6. The fourth-order valence-corrected chi connectivity index (χ4v) is 6.68. The van der Waals surface area contributed by atoms with Gasteiger partial charge in [-0.1, -0.05) is 31.2 Å². The molecule has 5 heterocycles. The predicted octanol–water partition coefficient (Wildman–Crippen LogP) is 6.99. The standard InChI is InChI=1S/C29H32N6O2S/c1-3-29(4-2,34-36)20-6-5-19-15-25(31-24(19)16-20)27-28-26(32-33-27)17-23(38-28)18-35-13-9-22(10-14-35)37-21-7-11-30-12-8-21/h5-8,11-12,15-17,22,31H,3-4,9-10,13-14,18H2,1-2H3,(H,32,33). The number of hydrogen-bond acceptors (Lipinski definition) is 7. The van der Waals surface area contributed by atoms with Crippen LogP contribution < -0.4 is 4.74 Å². The van der Waals surface area contributed by atoms with Crippen LogP contribution in [-0.4, -0.2) is 44.3 Å². The highest BCUT2D eigenvalue weighted by atomic mass is 32.1. The van der Waals surface area contributed by atoms with Crippen molar-refractivity contribution in [1.29, 1.82) is 0 Å². The molecule has 196 valence electrons. The van der Waals surface area contributed by atoms with Crippen LogP contribution in [0.1, 0.15) is 50.0 Å². The van der Waals surface area contributed by atoms with Crippen molar-refractivity contribution in [3.8, 4) is 17.1 Å². The highest BCUT2D eigenvalue weighted by Crippen LogP contribution is 2.38. The van der Waals surface area contributed by atoms with Crippen molar-refractivity contribution in [2.75, 3.05) is 13.1 Å². The number of hydrogen-bond donors (Lipinski definition) is 2. The molecule has 0 unspecified atom stereocenters. The molecule has 1 aromatic carbocycles. The minimum absolute atomic E-state index is 0.257.